The van der Waals surface area contributed by atoms with Crippen LogP contribution >= 0.6 is 0 Å². The van der Waals surface area contributed by atoms with Crippen LogP contribution < -0.4 is 0 Å². The van der Waals surface area contributed by atoms with Crippen molar-refractivity contribution in [3.63, 3.8) is 0 Å². The Hall–Kier alpha value is -2.47. The molecule has 0 amide bonds. The van der Waals surface area contributed by atoms with Gasteiger partial charge in [0.2, 0.25) is 0 Å². The number of rotatable bonds is 6. The summed E-state index contributed by atoms with van der Waals surface area (Å²) in [6.45, 7) is 6.92. The normalized spacial score (nSPS) is 41.5. The number of methoxy groups -OCH3 is 1. The van der Waals surface area contributed by atoms with Crippen molar-refractivity contribution in [3.8, 4) is 0 Å². The van der Waals surface area contributed by atoms with Crippen molar-refractivity contribution in [2.24, 2.45) is 40.4 Å². The fourth-order valence-corrected chi connectivity index (χ4v) is 9.31. The number of carbonyl (C=O) groups is 3. The number of hydrogen-bond acceptors (Lipinski definition) is 6. The zero-order valence-electron chi connectivity index (χ0n) is 23.0. The summed E-state index contributed by atoms with van der Waals surface area (Å²) in [4.78, 5) is 37.8. The molecule has 4 aliphatic carbocycles. The minimum absolute atomic E-state index is 0.0639. The van der Waals surface area contributed by atoms with E-state index in [1.807, 2.05) is 36.4 Å². The lowest BCUT2D eigenvalue weighted by Gasteiger charge is -2.59. The molecule has 3 saturated carbocycles. The van der Waals surface area contributed by atoms with Crippen molar-refractivity contribution in [2.45, 2.75) is 84.0 Å². The second kappa shape index (κ2) is 9.32. The van der Waals surface area contributed by atoms with Crippen LogP contribution in [-0.2, 0) is 23.8 Å². The molecule has 204 valence electrons. The van der Waals surface area contributed by atoms with Crippen LogP contribution in [0.4, 0.5) is 0 Å². The Bertz CT molecular complexity index is 1160. The van der Waals surface area contributed by atoms with Crippen LogP contribution in [0, 0.1) is 40.4 Å². The van der Waals surface area contributed by atoms with E-state index in [0.717, 1.165) is 32.1 Å². The highest BCUT2D eigenvalue weighted by molar-refractivity contribution is 5.92. The number of benzene rings is 1. The van der Waals surface area contributed by atoms with E-state index >= 15 is 0 Å². The molecule has 1 saturated heterocycles. The molecule has 0 bridgehead atoms. The standard InChI is InChI=1S/C32H40O6/c1-18(10-13-26(34)36-4)21-11-12-22-27-23(31(2)15-14-20(33)16-24(31)28-29(27)38-28)17-25(32(21,22)3)37-30(35)19-8-6-5-7-9-19/h5-9,16,18,21-23,25,27-29H,10-15,17H2,1-4H3/t18-,21-,22+,23+,25+,27+,28-,29+,31-,32-/m1/s1/i16+1,20+1. The highest BCUT2D eigenvalue weighted by atomic mass is 16.6. The van der Waals surface area contributed by atoms with Crippen LogP contribution in [-0.4, -0.2) is 43.1 Å². The highest BCUT2D eigenvalue weighted by Gasteiger charge is 2.71. The van der Waals surface area contributed by atoms with E-state index in [-0.39, 0.29) is 46.9 Å². The van der Waals surface area contributed by atoms with E-state index in [0.29, 0.717) is 48.0 Å². The smallest absolute Gasteiger partial charge is 0.338 e. The van der Waals surface area contributed by atoms with Crippen molar-refractivity contribution >= 4 is 17.7 Å². The van der Waals surface area contributed by atoms with Crippen LogP contribution in [0.3, 0.4) is 0 Å². The average Bonchev–Trinajstić information content (AvgIpc) is 3.63. The minimum Gasteiger partial charge on any atom is -0.469 e. The maximum atomic E-state index is 13.4. The van der Waals surface area contributed by atoms with Gasteiger partial charge >= 0.3 is 11.9 Å². The first-order valence-corrected chi connectivity index (χ1v) is 14.4. The number of esters is 2. The molecule has 1 aliphatic heterocycles. The third-order valence-corrected chi connectivity index (χ3v) is 11.4. The molecule has 38 heavy (non-hydrogen) atoms. The molecule has 0 N–H and O–H groups in total. The molecule has 1 heterocycles. The molecule has 0 spiro atoms. The summed E-state index contributed by atoms with van der Waals surface area (Å²) in [6.07, 6.45) is 7.36. The predicted molar refractivity (Wildman–Crippen MR) is 141 cm³/mol. The van der Waals surface area contributed by atoms with Crippen molar-refractivity contribution < 1.29 is 28.6 Å². The number of hydrogen-bond donors (Lipinski definition) is 0. The summed E-state index contributed by atoms with van der Waals surface area (Å²) < 4.78 is 17.8. The third kappa shape index (κ3) is 3.89. The van der Waals surface area contributed by atoms with E-state index < -0.39 is 0 Å². The van der Waals surface area contributed by atoms with E-state index in [4.69, 9.17) is 14.2 Å². The number of fused-ring (bicyclic) bond motifs is 8. The summed E-state index contributed by atoms with van der Waals surface area (Å²) in [5, 5.41) is 0. The average molecular weight is 523 g/mol. The molecule has 0 unspecified atom stereocenters. The van der Waals surface area contributed by atoms with Gasteiger partial charge in [-0.15, -0.1) is 0 Å². The van der Waals surface area contributed by atoms with Crippen LogP contribution in [0.15, 0.2) is 42.0 Å². The molecule has 0 radical (unpaired) electrons. The Labute approximate surface area is 225 Å². The fraction of sp³-hybridized carbons (Fsp3) is 0.656. The zero-order valence-corrected chi connectivity index (χ0v) is 23.0. The van der Waals surface area contributed by atoms with Gasteiger partial charge < -0.3 is 14.2 Å². The molecular weight excluding hydrogens is 482 g/mol. The Morgan fingerprint density at radius 1 is 1.13 bits per heavy atom. The van der Waals surface area contributed by atoms with Crippen LogP contribution in [0.25, 0.3) is 0 Å². The Morgan fingerprint density at radius 2 is 1.89 bits per heavy atom. The summed E-state index contributed by atoms with van der Waals surface area (Å²) in [5.74, 6) is 1.47. The molecule has 1 aromatic carbocycles. The second-order valence-electron chi connectivity index (χ2n) is 12.9. The van der Waals surface area contributed by atoms with Crippen molar-refractivity contribution in [1.29, 1.82) is 0 Å². The Balaban J connectivity index is 1.36. The quantitative estimate of drug-likeness (QED) is 0.277. The van der Waals surface area contributed by atoms with E-state index in [2.05, 4.69) is 20.8 Å². The summed E-state index contributed by atoms with van der Waals surface area (Å²) in [5.41, 5.74) is 1.44. The minimum atomic E-state index is -0.266. The lowest BCUT2D eigenvalue weighted by atomic mass is 9.46. The van der Waals surface area contributed by atoms with Gasteiger partial charge in [-0.1, -0.05) is 39.0 Å². The topological polar surface area (TPSA) is 82.2 Å². The Morgan fingerprint density at radius 3 is 2.63 bits per heavy atom. The van der Waals surface area contributed by atoms with Crippen LogP contribution in [0.1, 0.15) is 76.1 Å². The first kappa shape index (κ1) is 25.8. The van der Waals surface area contributed by atoms with Gasteiger partial charge in [0.25, 0.3) is 0 Å². The fourth-order valence-electron chi connectivity index (χ4n) is 9.31. The maximum absolute atomic E-state index is 13.4. The monoisotopic (exact) mass is 522 g/mol. The molecule has 0 aromatic heterocycles. The van der Waals surface area contributed by atoms with Crippen LogP contribution in [0.2, 0.25) is 0 Å². The maximum Gasteiger partial charge on any atom is 0.338 e. The molecule has 6 rings (SSSR count). The first-order valence-electron chi connectivity index (χ1n) is 14.4. The van der Waals surface area contributed by atoms with E-state index in [9.17, 15) is 14.4 Å². The van der Waals surface area contributed by atoms with Gasteiger partial charge in [0.15, 0.2) is 5.78 Å². The van der Waals surface area contributed by atoms with Gasteiger partial charge in [-0.2, -0.15) is 0 Å². The highest BCUT2D eigenvalue weighted by Crippen LogP contribution is 2.71. The second-order valence-corrected chi connectivity index (χ2v) is 12.9. The van der Waals surface area contributed by atoms with Crippen molar-refractivity contribution in [1.82, 2.24) is 0 Å². The molecule has 6 nitrogen and oxygen atoms in total. The van der Waals surface area contributed by atoms with Gasteiger partial charge in [0.05, 0.1) is 18.8 Å². The van der Waals surface area contributed by atoms with Gasteiger partial charge in [0, 0.05) is 18.3 Å². The summed E-state index contributed by atoms with van der Waals surface area (Å²) >= 11 is 0. The zero-order chi connectivity index (χ0) is 26.8. The molecule has 6 heteroatoms. The SMILES string of the molecule is COC(=O)CC[C@@H](C)[C@H]1CC[C@H]2[C@@H]3[C@@H]4O[C@@H]4C4=[13CH][13C](=O)CC[C@]4(C)[C@H]3C[C@H](OC(=O)c3ccccc3)[C@]12C. The number of ketones is 1. The molecule has 1 aromatic rings. The van der Waals surface area contributed by atoms with Crippen molar-refractivity contribution in [2.75, 3.05) is 7.11 Å². The van der Waals surface area contributed by atoms with E-state index in [1.54, 1.807) is 0 Å². The van der Waals surface area contributed by atoms with Gasteiger partial charge in [-0.3, -0.25) is 9.59 Å². The van der Waals surface area contributed by atoms with Gasteiger partial charge in [-0.05, 0) is 90.9 Å². The first-order chi connectivity index (χ1) is 18.2. The Kier molecular flexibility index (Phi) is 6.33. The third-order valence-electron chi connectivity index (χ3n) is 11.4. The van der Waals surface area contributed by atoms with Gasteiger partial charge in [0.1, 0.15) is 12.2 Å². The van der Waals surface area contributed by atoms with Crippen molar-refractivity contribution in [3.05, 3.63) is 47.5 Å². The largest absolute Gasteiger partial charge is 0.469 e. The lowest BCUT2D eigenvalue weighted by Crippen LogP contribution is -2.59. The number of epoxide rings is 1. The summed E-state index contributed by atoms with van der Waals surface area (Å²) in [6, 6.07) is 9.28. The van der Waals surface area contributed by atoms with E-state index in [1.165, 1.54) is 12.7 Å². The number of carbonyl (C=O) groups excluding carboxylic acids is 3. The van der Waals surface area contributed by atoms with Crippen LogP contribution in [0.5, 0.6) is 0 Å². The molecular formula is C32H40O6. The molecule has 5 aliphatic rings. The predicted octanol–water partition coefficient (Wildman–Crippen LogP) is 5.55. The van der Waals surface area contributed by atoms with Gasteiger partial charge in [-0.25, -0.2) is 4.79 Å². The summed E-state index contributed by atoms with van der Waals surface area (Å²) in [7, 11) is 1.44. The lowest BCUT2D eigenvalue weighted by molar-refractivity contribution is -0.145. The molecule has 4 fully saturated rings. The molecule has 10 atom stereocenters. The number of ether oxygens (including phenoxy) is 3.